The van der Waals surface area contributed by atoms with Crippen molar-refractivity contribution in [3.05, 3.63) is 47.9 Å². The molecule has 0 saturated carbocycles. The number of benzene rings is 1. The number of nitrogens with zero attached hydrogens (tertiary/aromatic N) is 5. The third kappa shape index (κ3) is 5.54. The van der Waals surface area contributed by atoms with Gasteiger partial charge in [-0.1, -0.05) is 0 Å². The molecule has 1 aromatic carbocycles. The first-order valence-electron chi connectivity index (χ1n) is 10.2. The summed E-state index contributed by atoms with van der Waals surface area (Å²) in [5.41, 5.74) is 6.05. The SMILES string of the molecule is CNC(=O)c1ccc(Oc2nc(-c3ccc(N)nc3)nc(N3CCO[C@@H](C(F)(F)F)C3)n2)c(F)c1. The second-order valence-electron chi connectivity index (χ2n) is 7.39. The lowest BCUT2D eigenvalue weighted by molar-refractivity contribution is -0.221. The van der Waals surface area contributed by atoms with Gasteiger partial charge in [-0.25, -0.2) is 9.37 Å². The Bertz CT molecular complexity index is 1220. The van der Waals surface area contributed by atoms with Crippen LogP contribution in [0.3, 0.4) is 0 Å². The van der Waals surface area contributed by atoms with Crippen LogP contribution in [-0.2, 0) is 4.74 Å². The number of pyridine rings is 1. The lowest BCUT2D eigenvalue weighted by atomic mass is 10.2. The van der Waals surface area contributed by atoms with Crippen molar-refractivity contribution >= 4 is 17.7 Å². The summed E-state index contributed by atoms with van der Waals surface area (Å²) >= 11 is 0. The van der Waals surface area contributed by atoms with E-state index in [-0.39, 0.29) is 48.1 Å². The third-order valence-corrected chi connectivity index (χ3v) is 4.98. The summed E-state index contributed by atoms with van der Waals surface area (Å²) in [6.45, 7) is -0.688. The lowest BCUT2D eigenvalue weighted by Crippen LogP contribution is -2.49. The molecule has 0 aliphatic carbocycles. The van der Waals surface area contributed by atoms with E-state index in [0.717, 1.165) is 6.07 Å². The van der Waals surface area contributed by atoms with E-state index in [1.165, 1.54) is 36.3 Å². The molecule has 35 heavy (non-hydrogen) atoms. The zero-order valence-corrected chi connectivity index (χ0v) is 18.2. The van der Waals surface area contributed by atoms with Crippen molar-refractivity contribution in [2.24, 2.45) is 0 Å². The molecule has 1 fully saturated rings. The summed E-state index contributed by atoms with van der Waals surface area (Å²) in [7, 11) is 1.40. The number of alkyl halides is 3. The molecule has 0 spiro atoms. The van der Waals surface area contributed by atoms with Crippen molar-refractivity contribution in [2.45, 2.75) is 12.3 Å². The molecule has 4 rings (SSSR count). The minimum atomic E-state index is -4.58. The van der Waals surface area contributed by atoms with E-state index in [1.807, 2.05) is 0 Å². The lowest BCUT2D eigenvalue weighted by Gasteiger charge is -2.33. The van der Waals surface area contributed by atoms with Crippen molar-refractivity contribution in [3.63, 3.8) is 0 Å². The number of nitrogen functional groups attached to an aromatic ring is 1. The highest BCUT2D eigenvalue weighted by molar-refractivity contribution is 5.94. The molecular formula is C21H19F4N7O3. The zero-order valence-electron chi connectivity index (χ0n) is 18.2. The number of rotatable bonds is 5. The van der Waals surface area contributed by atoms with Crippen LogP contribution in [0.15, 0.2) is 36.5 Å². The Kier molecular flexibility index (Phi) is 6.64. The van der Waals surface area contributed by atoms with Gasteiger partial charge < -0.3 is 25.4 Å². The van der Waals surface area contributed by atoms with Crippen LogP contribution in [0, 0.1) is 5.82 Å². The van der Waals surface area contributed by atoms with Crippen molar-refractivity contribution in [1.82, 2.24) is 25.3 Å². The molecule has 2 aromatic heterocycles. The van der Waals surface area contributed by atoms with Crippen molar-refractivity contribution < 1.29 is 31.8 Å². The van der Waals surface area contributed by atoms with Gasteiger partial charge in [0.15, 0.2) is 23.5 Å². The number of anilines is 2. The number of ether oxygens (including phenoxy) is 2. The van der Waals surface area contributed by atoms with Crippen LogP contribution in [0.4, 0.5) is 29.3 Å². The fourth-order valence-electron chi connectivity index (χ4n) is 3.20. The summed E-state index contributed by atoms with van der Waals surface area (Å²) in [5, 5.41) is 2.38. The molecular weight excluding hydrogens is 474 g/mol. The monoisotopic (exact) mass is 493 g/mol. The summed E-state index contributed by atoms with van der Waals surface area (Å²) in [6, 6.07) is 6.19. The maximum absolute atomic E-state index is 14.6. The number of nitrogens with one attached hydrogen (secondary N) is 1. The second kappa shape index (κ2) is 9.66. The van der Waals surface area contributed by atoms with Crippen LogP contribution in [0.2, 0.25) is 0 Å². The van der Waals surface area contributed by atoms with Crippen LogP contribution in [0.1, 0.15) is 10.4 Å². The number of amides is 1. The largest absolute Gasteiger partial charge is 0.421 e. The van der Waals surface area contributed by atoms with Gasteiger partial charge in [0, 0.05) is 30.9 Å². The number of halogens is 4. The summed E-state index contributed by atoms with van der Waals surface area (Å²) in [4.78, 5) is 29.5. The molecule has 184 valence electrons. The zero-order chi connectivity index (χ0) is 25.2. The van der Waals surface area contributed by atoms with Gasteiger partial charge in [-0.15, -0.1) is 0 Å². The summed E-state index contributed by atoms with van der Waals surface area (Å²) < 4.78 is 64.6. The van der Waals surface area contributed by atoms with Crippen molar-refractivity contribution in [3.8, 4) is 23.1 Å². The highest BCUT2D eigenvalue weighted by Crippen LogP contribution is 2.30. The highest BCUT2D eigenvalue weighted by atomic mass is 19.4. The average molecular weight is 493 g/mol. The molecule has 3 N–H and O–H groups in total. The predicted molar refractivity (Wildman–Crippen MR) is 115 cm³/mol. The molecule has 3 aromatic rings. The minimum Gasteiger partial charge on any atom is -0.421 e. The first-order chi connectivity index (χ1) is 16.6. The maximum atomic E-state index is 14.6. The number of carbonyl (C=O) groups excluding carboxylic acids is 1. The van der Waals surface area contributed by atoms with Gasteiger partial charge in [-0.2, -0.15) is 28.1 Å². The number of aromatic nitrogens is 4. The minimum absolute atomic E-state index is 0.0231. The number of nitrogens with two attached hydrogens (primary N) is 1. The molecule has 1 aliphatic rings. The maximum Gasteiger partial charge on any atom is 0.416 e. The number of morpholine rings is 1. The standard InChI is InChI=1S/C21H19F4N7O3/c1-27-18(33)11-2-4-14(13(22)8-11)35-20-30-17(12-3-5-16(26)28-9-12)29-19(31-20)32-6-7-34-15(10-32)21(23,24)25/h2-5,8-9,15H,6-7,10H2,1H3,(H2,26,28)(H,27,33)/t15-/m1/s1. The smallest absolute Gasteiger partial charge is 0.416 e. The van der Waals surface area contributed by atoms with Crippen LogP contribution < -0.4 is 20.7 Å². The molecule has 3 heterocycles. The Hall–Kier alpha value is -4.07. The first kappa shape index (κ1) is 24.1. The quantitative estimate of drug-likeness (QED) is 0.516. The molecule has 1 aliphatic heterocycles. The summed E-state index contributed by atoms with van der Waals surface area (Å²) in [5.74, 6) is -1.53. The van der Waals surface area contributed by atoms with E-state index in [4.69, 9.17) is 15.2 Å². The Labute approximate surface area is 196 Å². The second-order valence-corrected chi connectivity index (χ2v) is 7.39. The summed E-state index contributed by atoms with van der Waals surface area (Å²) in [6.07, 6.45) is -5.24. The fourth-order valence-corrected chi connectivity index (χ4v) is 3.20. The third-order valence-electron chi connectivity index (χ3n) is 4.98. The van der Waals surface area contributed by atoms with E-state index >= 15 is 0 Å². The van der Waals surface area contributed by atoms with Crippen molar-refractivity contribution in [1.29, 1.82) is 0 Å². The highest BCUT2D eigenvalue weighted by Gasteiger charge is 2.44. The molecule has 0 unspecified atom stereocenters. The normalized spacial score (nSPS) is 16.1. The van der Waals surface area contributed by atoms with Crippen molar-refractivity contribution in [2.75, 3.05) is 37.4 Å². The van der Waals surface area contributed by atoms with Crippen LogP contribution in [0.5, 0.6) is 11.8 Å². The van der Waals surface area contributed by atoms with Gasteiger partial charge in [0.1, 0.15) is 5.82 Å². The molecule has 14 heteroatoms. The number of hydrogen-bond donors (Lipinski definition) is 2. The molecule has 0 bridgehead atoms. The number of hydrogen-bond acceptors (Lipinski definition) is 9. The van der Waals surface area contributed by atoms with Gasteiger partial charge in [-0.3, -0.25) is 4.79 Å². The van der Waals surface area contributed by atoms with Crippen LogP contribution in [0.25, 0.3) is 11.4 Å². The van der Waals surface area contributed by atoms with E-state index in [9.17, 15) is 22.4 Å². The average Bonchev–Trinajstić information content (AvgIpc) is 2.84. The van der Waals surface area contributed by atoms with Gasteiger partial charge in [0.25, 0.3) is 5.91 Å². The van der Waals surface area contributed by atoms with Gasteiger partial charge in [0.05, 0.1) is 13.2 Å². The molecule has 1 atom stereocenters. The fraction of sp³-hybridized carbons (Fsp3) is 0.286. The van der Waals surface area contributed by atoms with Gasteiger partial charge in [-0.05, 0) is 30.3 Å². The van der Waals surface area contributed by atoms with E-state index in [1.54, 1.807) is 6.07 Å². The Morgan fingerprint density at radius 1 is 1.23 bits per heavy atom. The first-order valence-corrected chi connectivity index (χ1v) is 10.2. The molecule has 0 radical (unpaired) electrons. The van der Waals surface area contributed by atoms with Crippen LogP contribution >= 0.6 is 0 Å². The van der Waals surface area contributed by atoms with Gasteiger partial charge >= 0.3 is 12.2 Å². The Morgan fingerprint density at radius 2 is 2.03 bits per heavy atom. The topological polar surface area (TPSA) is 128 Å². The molecule has 1 amide bonds. The Morgan fingerprint density at radius 3 is 2.69 bits per heavy atom. The molecule has 1 saturated heterocycles. The molecule has 10 nitrogen and oxygen atoms in total. The van der Waals surface area contributed by atoms with E-state index in [2.05, 4.69) is 25.3 Å². The van der Waals surface area contributed by atoms with Crippen LogP contribution in [-0.4, -0.2) is 64.9 Å². The Balaban J connectivity index is 1.71. The number of carbonyl (C=O) groups is 1. The van der Waals surface area contributed by atoms with E-state index in [0.29, 0.717) is 5.56 Å². The van der Waals surface area contributed by atoms with Gasteiger partial charge in [0.2, 0.25) is 5.95 Å². The van der Waals surface area contributed by atoms with E-state index < -0.39 is 30.5 Å². The predicted octanol–water partition coefficient (Wildman–Crippen LogP) is 2.57.